The van der Waals surface area contributed by atoms with Gasteiger partial charge in [0, 0.05) is 0 Å². The van der Waals surface area contributed by atoms with Crippen molar-refractivity contribution in [1.29, 1.82) is 0 Å². The molecule has 0 heterocycles. The van der Waals surface area contributed by atoms with Crippen molar-refractivity contribution >= 4 is 0 Å². The van der Waals surface area contributed by atoms with Gasteiger partial charge in [-0.2, -0.15) is 0 Å². The Morgan fingerprint density at radius 2 is 1.71 bits per heavy atom. The molecular weight excluding hydrogens is 199 g/mol. The maximum atomic E-state index is 2.32. The summed E-state index contributed by atoms with van der Waals surface area (Å²) in [4.78, 5) is 0. The molecule has 0 fully saturated rings. The molecule has 0 aromatic rings. The van der Waals surface area contributed by atoms with Crippen LogP contribution in [0.5, 0.6) is 0 Å². The van der Waals surface area contributed by atoms with E-state index in [1.807, 2.05) is 0 Å². The zero-order valence-electron chi connectivity index (χ0n) is 5.59. The summed E-state index contributed by atoms with van der Waals surface area (Å²) in [6.07, 6.45) is 0. The van der Waals surface area contributed by atoms with Gasteiger partial charge in [0.25, 0.3) is 0 Å². The van der Waals surface area contributed by atoms with Gasteiger partial charge in [0.05, 0.1) is 0 Å². The third kappa shape index (κ3) is 6.73. The maximum absolute atomic E-state index is 2.32. The number of alkyl halides is 2. The van der Waals surface area contributed by atoms with Crippen LogP contribution in [0.15, 0.2) is 0 Å². The molecule has 0 amide bonds. The predicted octanol–water partition coefficient (Wildman–Crippen LogP) is -1.11. The molecule has 1 heteroatoms. The van der Waals surface area contributed by atoms with E-state index in [4.69, 9.17) is 0 Å². The van der Waals surface area contributed by atoms with Crippen molar-refractivity contribution in [3.05, 3.63) is 0 Å². The Hall–Kier alpha value is 0.730. The molecule has 0 N–H and O–H groups in total. The van der Waals surface area contributed by atoms with Crippen molar-refractivity contribution in [1.82, 2.24) is 0 Å². The Balaban J connectivity index is 3.15. The van der Waals surface area contributed by atoms with Gasteiger partial charge in [-0.3, -0.25) is 0 Å². The Kier molecular flexibility index (Phi) is 3.20. The van der Waals surface area contributed by atoms with E-state index in [9.17, 15) is 0 Å². The van der Waals surface area contributed by atoms with Crippen LogP contribution < -0.4 is 21.2 Å². The van der Waals surface area contributed by atoms with E-state index in [0.29, 0.717) is 24.6 Å². The fourth-order valence-electron chi connectivity index (χ4n) is 0.401. The molecule has 0 aromatic heterocycles. The molecule has 0 saturated heterocycles. The third-order valence-electron chi connectivity index (χ3n) is 0.535. The first-order valence-electron chi connectivity index (χ1n) is 2.66. The van der Waals surface area contributed by atoms with Gasteiger partial charge < -0.3 is 0 Å². The van der Waals surface area contributed by atoms with E-state index < -0.39 is 0 Å². The molecule has 0 rings (SSSR count). The summed E-state index contributed by atoms with van der Waals surface area (Å²) in [5, 5.41) is 0. The van der Waals surface area contributed by atoms with E-state index in [0.717, 1.165) is 0 Å². The quantitative estimate of drug-likeness (QED) is 0.383. The van der Waals surface area contributed by atoms with E-state index >= 15 is 0 Å². The Bertz CT molecular complexity index is 42.6. The van der Waals surface area contributed by atoms with Crippen molar-refractivity contribution in [2.24, 2.45) is 0 Å². The van der Waals surface area contributed by atoms with Gasteiger partial charge in [-0.1, -0.05) is 0 Å². The molecule has 0 saturated carbocycles. The zero-order chi connectivity index (χ0) is 5.91. The Morgan fingerprint density at radius 3 is 1.71 bits per heavy atom. The van der Waals surface area contributed by atoms with Crippen LogP contribution in [0.2, 0.25) is 0 Å². The van der Waals surface area contributed by atoms with E-state index in [2.05, 4.69) is 27.7 Å². The van der Waals surface area contributed by atoms with Crippen LogP contribution in [0.1, 0.15) is 27.7 Å². The normalized spacial score (nSPS) is 12.6. The standard InChI is InChI=1S/C6H14I/c1-5-7-6(2,3)4/h5H2,1-4H3/q-1. The minimum absolute atomic E-state index is 0.485. The summed E-state index contributed by atoms with van der Waals surface area (Å²) in [5.74, 6) is 0. The molecule has 0 nitrogen and oxygen atoms in total. The number of rotatable bonds is 1. The van der Waals surface area contributed by atoms with Crippen molar-refractivity contribution < 1.29 is 21.2 Å². The van der Waals surface area contributed by atoms with Crippen LogP contribution in [-0.2, 0) is 0 Å². The SMILES string of the molecule is CC[I-]C(C)(C)C. The van der Waals surface area contributed by atoms with Gasteiger partial charge in [0.15, 0.2) is 0 Å². The third-order valence-corrected chi connectivity index (χ3v) is 3.59. The first-order chi connectivity index (χ1) is 3.06. The molecule has 46 valence electrons. The van der Waals surface area contributed by atoms with E-state index in [1.54, 1.807) is 0 Å². The molecule has 0 aromatic carbocycles. The van der Waals surface area contributed by atoms with Crippen LogP contribution in [0, 0.1) is 0 Å². The molecule has 0 atom stereocenters. The van der Waals surface area contributed by atoms with Crippen molar-refractivity contribution in [2.75, 3.05) is 4.43 Å². The Labute approximate surface area is 56.9 Å². The predicted molar refractivity (Wildman–Crippen MR) is 30.3 cm³/mol. The van der Waals surface area contributed by atoms with Crippen LogP contribution >= 0.6 is 0 Å². The summed E-state index contributed by atoms with van der Waals surface area (Å²) >= 11 is 0.485. The van der Waals surface area contributed by atoms with Gasteiger partial charge in [-0.15, -0.1) is 0 Å². The summed E-state index contributed by atoms with van der Waals surface area (Å²) in [5.41, 5.74) is 0. The molecular formula is C6H14I-. The first kappa shape index (κ1) is 7.73. The van der Waals surface area contributed by atoms with Crippen LogP contribution in [0.3, 0.4) is 0 Å². The summed E-state index contributed by atoms with van der Waals surface area (Å²) in [6, 6.07) is 0. The second-order valence-electron chi connectivity index (χ2n) is 2.47. The fraction of sp³-hybridized carbons (Fsp3) is 1.00. The second kappa shape index (κ2) is 2.90. The second-order valence-corrected chi connectivity index (χ2v) is 7.99. The van der Waals surface area contributed by atoms with Gasteiger partial charge in [-0.25, -0.2) is 0 Å². The summed E-state index contributed by atoms with van der Waals surface area (Å²) < 4.78 is 2.08. The zero-order valence-corrected chi connectivity index (χ0v) is 7.74. The molecule has 0 spiro atoms. The number of halogens is 1. The number of hydrogen-bond acceptors (Lipinski definition) is 0. The van der Waals surface area contributed by atoms with Gasteiger partial charge >= 0.3 is 56.7 Å². The first-order valence-corrected chi connectivity index (χ1v) is 5.27. The minimum atomic E-state index is 0.485. The molecule has 0 bridgehead atoms. The van der Waals surface area contributed by atoms with Crippen LogP contribution in [0.4, 0.5) is 0 Å². The molecule has 0 radical (unpaired) electrons. The van der Waals surface area contributed by atoms with Gasteiger partial charge in [-0.05, 0) is 0 Å². The molecule has 7 heavy (non-hydrogen) atoms. The molecule has 0 unspecified atom stereocenters. The monoisotopic (exact) mass is 213 g/mol. The van der Waals surface area contributed by atoms with E-state index in [-0.39, 0.29) is 0 Å². The average Bonchev–Trinajstić information content (AvgIpc) is 1.30. The van der Waals surface area contributed by atoms with Crippen molar-refractivity contribution in [3.63, 3.8) is 0 Å². The van der Waals surface area contributed by atoms with Crippen LogP contribution in [-0.4, -0.2) is 7.85 Å². The van der Waals surface area contributed by atoms with Crippen molar-refractivity contribution in [2.45, 2.75) is 31.1 Å². The Morgan fingerprint density at radius 1 is 1.29 bits per heavy atom. The van der Waals surface area contributed by atoms with Gasteiger partial charge in [0.1, 0.15) is 0 Å². The van der Waals surface area contributed by atoms with Crippen LogP contribution in [0.25, 0.3) is 0 Å². The fourth-order valence-corrected chi connectivity index (χ4v) is 2.69. The molecule has 0 aliphatic rings. The average molecular weight is 213 g/mol. The van der Waals surface area contributed by atoms with E-state index in [1.165, 1.54) is 4.43 Å². The summed E-state index contributed by atoms with van der Waals surface area (Å²) in [6.45, 7) is 9.25. The molecule has 0 aliphatic carbocycles. The summed E-state index contributed by atoms with van der Waals surface area (Å²) in [7, 11) is 0. The number of hydrogen-bond donors (Lipinski definition) is 0. The van der Waals surface area contributed by atoms with Crippen molar-refractivity contribution in [3.8, 4) is 0 Å². The van der Waals surface area contributed by atoms with Gasteiger partial charge in [0.2, 0.25) is 0 Å². The topological polar surface area (TPSA) is 0 Å². The molecule has 0 aliphatic heterocycles.